The van der Waals surface area contributed by atoms with Crippen molar-refractivity contribution in [3.8, 4) is 0 Å². The Balaban J connectivity index is 0. The molecule has 0 aromatic heterocycles. The van der Waals surface area contributed by atoms with Gasteiger partial charge >= 0.3 is 0 Å². The van der Waals surface area contributed by atoms with Gasteiger partial charge in [-0.15, -0.1) is 0 Å². The minimum atomic E-state index is -0.0266. The minimum Gasteiger partial charge on any atom is -0.393 e. The number of rotatable bonds is 0. The van der Waals surface area contributed by atoms with Crippen LogP contribution in [0.1, 0.15) is 34.1 Å². The Morgan fingerprint density at radius 3 is 1.80 bits per heavy atom. The predicted octanol–water partition coefficient (Wildman–Crippen LogP) is 1.39. The fourth-order valence-electron chi connectivity index (χ4n) is 0.807. The van der Waals surface area contributed by atoms with Crippen LogP contribution in [0.25, 0.3) is 0 Å². The highest BCUT2D eigenvalue weighted by atomic mass is 16.3. The summed E-state index contributed by atoms with van der Waals surface area (Å²) in [5.41, 5.74) is 0. The maximum Gasteiger partial charge on any atom is 0.0564 e. The summed E-state index contributed by atoms with van der Waals surface area (Å²) < 4.78 is 0. The van der Waals surface area contributed by atoms with Crippen LogP contribution in [-0.4, -0.2) is 24.3 Å². The number of nitrogens with one attached hydrogen (secondary N) is 1. The molecule has 2 heteroatoms. The molecule has 2 nitrogen and oxygen atoms in total. The molecule has 0 aliphatic carbocycles. The zero-order chi connectivity index (χ0) is 7.11. The second kappa shape index (κ2) is 8.92. The van der Waals surface area contributed by atoms with Crippen LogP contribution in [0.15, 0.2) is 0 Å². The SMILES string of the molecule is C.CC.OC1CCNCC1. The van der Waals surface area contributed by atoms with E-state index in [-0.39, 0.29) is 13.5 Å². The van der Waals surface area contributed by atoms with Gasteiger partial charge < -0.3 is 10.4 Å². The summed E-state index contributed by atoms with van der Waals surface area (Å²) in [5, 5.41) is 12.0. The van der Waals surface area contributed by atoms with Crippen LogP contribution in [0.3, 0.4) is 0 Å². The van der Waals surface area contributed by atoms with E-state index in [2.05, 4.69) is 5.32 Å². The van der Waals surface area contributed by atoms with Crippen molar-refractivity contribution in [2.75, 3.05) is 13.1 Å². The third kappa shape index (κ3) is 6.05. The van der Waals surface area contributed by atoms with Gasteiger partial charge in [-0.1, -0.05) is 21.3 Å². The Hall–Kier alpha value is -0.0800. The minimum absolute atomic E-state index is 0. The lowest BCUT2D eigenvalue weighted by molar-refractivity contribution is 0.137. The highest BCUT2D eigenvalue weighted by Crippen LogP contribution is 1.99. The summed E-state index contributed by atoms with van der Waals surface area (Å²) in [4.78, 5) is 0. The van der Waals surface area contributed by atoms with Crippen molar-refractivity contribution in [2.24, 2.45) is 0 Å². The van der Waals surface area contributed by atoms with E-state index < -0.39 is 0 Å². The number of hydrogen-bond donors (Lipinski definition) is 2. The molecule has 0 bridgehead atoms. The fraction of sp³-hybridized carbons (Fsp3) is 1.00. The first-order valence-electron chi connectivity index (χ1n) is 3.78. The lowest BCUT2D eigenvalue weighted by atomic mass is 10.1. The topological polar surface area (TPSA) is 32.3 Å². The first-order valence-corrected chi connectivity index (χ1v) is 3.78. The molecule has 1 aliphatic heterocycles. The average Bonchev–Trinajstić information content (AvgIpc) is 1.94. The summed E-state index contributed by atoms with van der Waals surface area (Å²) in [6, 6.07) is 0. The van der Waals surface area contributed by atoms with E-state index in [0.717, 1.165) is 25.9 Å². The second-order valence-electron chi connectivity index (χ2n) is 1.98. The monoisotopic (exact) mass is 147 g/mol. The highest BCUT2D eigenvalue weighted by molar-refractivity contribution is 4.65. The van der Waals surface area contributed by atoms with E-state index >= 15 is 0 Å². The van der Waals surface area contributed by atoms with E-state index in [4.69, 9.17) is 5.11 Å². The highest BCUT2D eigenvalue weighted by Gasteiger charge is 2.06. The summed E-state index contributed by atoms with van der Waals surface area (Å²) in [5.74, 6) is 0. The van der Waals surface area contributed by atoms with E-state index in [9.17, 15) is 0 Å². The predicted molar refractivity (Wildman–Crippen MR) is 46.2 cm³/mol. The van der Waals surface area contributed by atoms with Gasteiger partial charge in [-0.3, -0.25) is 0 Å². The van der Waals surface area contributed by atoms with Gasteiger partial charge in [-0.2, -0.15) is 0 Å². The lowest BCUT2D eigenvalue weighted by Gasteiger charge is -2.16. The number of aliphatic hydroxyl groups excluding tert-OH is 1. The quantitative estimate of drug-likeness (QED) is 0.542. The molecular weight excluding hydrogens is 126 g/mol. The molecule has 1 rings (SSSR count). The molecule has 1 fully saturated rings. The number of aliphatic hydroxyl groups is 1. The van der Waals surface area contributed by atoms with Crippen molar-refractivity contribution >= 4 is 0 Å². The molecule has 0 aromatic carbocycles. The molecule has 1 aliphatic rings. The van der Waals surface area contributed by atoms with E-state index in [0.29, 0.717) is 0 Å². The third-order valence-electron chi connectivity index (χ3n) is 1.31. The van der Waals surface area contributed by atoms with Crippen LogP contribution in [0.5, 0.6) is 0 Å². The van der Waals surface area contributed by atoms with Gasteiger partial charge in [0.2, 0.25) is 0 Å². The van der Waals surface area contributed by atoms with Crippen LogP contribution < -0.4 is 5.32 Å². The molecule has 0 amide bonds. The molecule has 0 saturated carbocycles. The van der Waals surface area contributed by atoms with Crippen LogP contribution in [-0.2, 0) is 0 Å². The smallest absolute Gasteiger partial charge is 0.0564 e. The Morgan fingerprint density at radius 1 is 1.20 bits per heavy atom. The van der Waals surface area contributed by atoms with E-state index in [1.54, 1.807) is 0 Å². The van der Waals surface area contributed by atoms with Crippen LogP contribution in [0.2, 0.25) is 0 Å². The van der Waals surface area contributed by atoms with Crippen molar-refractivity contribution in [1.82, 2.24) is 5.32 Å². The Labute approximate surface area is 64.6 Å². The number of piperidine rings is 1. The molecule has 0 spiro atoms. The molecule has 0 aromatic rings. The summed E-state index contributed by atoms with van der Waals surface area (Å²) in [7, 11) is 0. The zero-order valence-electron chi connectivity index (χ0n) is 6.35. The lowest BCUT2D eigenvalue weighted by Crippen LogP contribution is -2.30. The summed E-state index contributed by atoms with van der Waals surface area (Å²) in [6.45, 7) is 5.97. The van der Waals surface area contributed by atoms with Gasteiger partial charge in [-0.05, 0) is 25.9 Å². The molecule has 1 saturated heterocycles. The van der Waals surface area contributed by atoms with Gasteiger partial charge in [-0.25, -0.2) is 0 Å². The van der Waals surface area contributed by atoms with Crippen molar-refractivity contribution in [2.45, 2.75) is 40.2 Å². The second-order valence-corrected chi connectivity index (χ2v) is 1.98. The molecular formula is C8H21NO. The summed E-state index contributed by atoms with van der Waals surface area (Å²) in [6.07, 6.45) is 1.83. The molecule has 1 heterocycles. The zero-order valence-corrected chi connectivity index (χ0v) is 6.35. The molecule has 0 radical (unpaired) electrons. The van der Waals surface area contributed by atoms with E-state index in [1.807, 2.05) is 13.8 Å². The Kier molecular flexibility index (Phi) is 11.2. The van der Waals surface area contributed by atoms with E-state index in [1.165, 1.54) is 0 Å². The van der Waals surface area contributed by atoms with Crippen molar-refractivity contribution in [1.29, 1.82) is 0 Å². The molecule has 10 heavy (non-hydrogen) atoms. The first-order chi connectivity index (χ1) is 4.39. The molecule has 0 atom stereocenters. The fourth-order valence-corrected chi connectivity index (χ4v) is 0.807. The largest absolute Gasteiger partial charge is 0.393 e. The van der Waals surface area contributed by atoms with Crippen LogP contribution in [0.4, 0.5) is 0 Å². The van der Waals surface area contributed by atoms with Crippen molar-refractivity contribution < 1.29 is 5.11 Å². The van der Waals surface area contributed by atoms with Crippen LogP contribution in [0, 0.1) is 0 Å². The maximum absolute atomic E-state index is 8.87. The molecule has 64 valence electrons. The average molecular weight is 147 g/mol. The molecule has 0 unspecified atom stereocenters. The van der Waals surface area contributed by atoms with Gasteiger partial charge in [0.15, 0.2) is 0 Å². The number of hydrogen-bond acceptors (Lipinski definition) is 2. The van der Waals surface area contributed by atoms with Crippen molar-refractivity contribution in [3.63, 3.8) is 0 Å². The van der Waals surface area contributed by atoms with Gasteiger partial charge in [0.1, 0.15) is 0 Å². The van der Waals surface area contributed by atoms with Crippen LogP contribution >= 0.6 is 0 Å². The van der Waals surface area contributed by atoms with Crippen molar-refractivity contribution in [3.05, 3.63) is 0 Å². The normalized spacial score (nSPS) is 18.3. The molecule has 2 N–H and O–H groups in total. The Morgan fingerprint density at radius 2 is 1.60 bits per heavy atom. The first kappa shape index (κ1) is 12.6. The van der Waals surface area contributed by atoms with Gasteiger partial charge in [0.25, 0.3) is 0 Å². The maximum atomic E-state index is 8.87. The van der Waals surface area contributed by atoms with Gasteiger partial charge in [0.05, 0.1) is 6.10 Å². The summed E-state index contributed by atoms with van der Waals surface area (Å²) >= 11 is 0. The Bertz CT molecular complexity index is 51.2. The standard InChI is InChI=1S/C5H11NO.C2H6.CH4/c7-5-1-3-6-4-2-5;1-2;/h5-7H,1-4H2;1-2H3;1H4. The third-order valence-corrected chi connectivity index (χ3v) is 1.31. The van der Waals surface area contributed by atoms with Gasteiger partial charge in [0, 0.05) is 0 Å².